The van der Waals surface area contributed by atoms with Gasteiger partial charge in [0.2, 0.25) is 5.91 Å². The first-order valence-electron chi connectivity index (χ1n) is 6.75. The third-order valence-electron chi connectivity index (χ3n) is 3.82. The van der Waals surface area contributed by atoms with E-state index in [0.717, 1.165) is 35.0 Å². The van der Waals surface area contributed by atoms with Crippen LogP contribution in [0.15, 0.2) is 18.2 Å². The number of amides is 2. The summed E-state index contributed by atoms with van der Waals surface area (Å²) >= 11 is 0. The van der Waals surface area contributed by atoms with Crippen LogP contribution in [-0.2, 0) is 4.79 Å². The fourth-order valence-corrected chi connectivity index (χ4v) is 2.24. The third-order valence-corrected chi connectivity index (χ3v) is 3.82. The number of fused-ring (bicyclic) bond motifs is 1. The highest BCUT2D eigenvalue weighted by molar-refractivity contribution is 5.99. The highest BCUT2D eigenvalue weighted by Crippen LogP contribution is 2.28. The highest BCUT2D eigenvalue weighted by Gasteiger charge is 2.29. The van der Waals surface area contributed by atoms with E-state index >= 15 is 0 Å². The van der Waals surface area contributed by atoms with E-state index < -0.39 is 0 Å². The quantitative estimate of drug-likeness (QED) is 0.730. The minimum Gasteiger partial charge on any atom is -0.358 e. The van der Waals surface area contributed by atoms with Crippen molar-refractivity contribution in [1.29, 1.82) is 0 Å². The molecule has 104 valence electrons. The van der Waals surface area contributed by atoms with E-state index in [-0.39, 0.29) is 17.7 Å². The normalized spacial score (nSPS) is 14.3. The van der Waals surface area contributed by atoms with Gasteiger partial charge in [-0.3, -0.25) is 20.4 Å². The fraction of sp³-hybridized carbons (Fsp3) is 0.333. The van der Waals surface area contributed by atoms with Gasteiger partial charge in [-0.05, 0) is 50.5 Å². The molecule has 0 radical (unpaired) electrons. The van der Waals surface area contributed by atoms with Crippen molar-refractivity contribution in [3.8, 4) is 0 Å². The van der Waals surface area contributed by atoms with Gasteiger partial charge in [0.25, 0.3) is 5.91 Å². The van der Waals surface area contributed by atoms with Gasteiger partial charge in [0.05, 0.1) is 0 Å². The number of hydrogen-bond acceptors (Lipinski definition) is 2. The molecule has 0 spiro atoms. The van der Waals surface area contributed by atoms with Crippen LogP contribution in [0.2, 0.25) is 0 Å². The average molecular weight is 271 g/mol. The maximum absolute atomic E-state index is 12.0. The number of carbonyl (C=O) groups is 2. The summed E-state index contributed by atoms with van der Waals surface area (Å²) in [5, 5.41) is 1.03. The van der Waals surface area contributed by atoms with E-state index in [9.17, 15) is 9.59 Å². The number of H-pyrrole nitrogens is 1. The van der Waals surface area contributed by atoms with Crippen molar-refractivity contribution in [3.63, 3.8) is 0 Å². The number of aromatic amines is 1. The summed E-state index contributed by atoms with van der Waals surface area (Å²) in [7, 11) is 0. The van der Waals surface area contributed by atoms with E-state index in [1.54, 1.807) is 6.07 Å². The molecule has 1 fully saturated rings. The standard InChI is InChI=1S/C15H17N3O2/c1-8-9(2)16-13-6-5-11(7-12(8)13)15(20)18-17-14(19)10-3-4-10/h5-7,10,16H,3-4H2,1-2H3,(H,17,19)(H,18,20). The van der Waals surface area contributed by atoms with Gasteiger partial charge in [0.1, 0.15) is 0 Å². The van der Waals surface area contributed by atoms with Crippen molar-refractivity contribution >= 4 is 22.7 Å². The number of nitrogens with one attached hydrogen (secondary N) is 3. The summed E-state index contributed by atoms with van der Waals surface area (Å²) in [6.07, 6.45) is 1.82. The zero-order valence-electron chi connectivity index (χ0n) is 11.5. The molecule has 2 aromatic rings. The monoisotopic (exact) mass is 271 g/mol. The van der Waals surface area contributed by atoms with Crippen LogP contribution in [0.1, 0.15) is 34.5 Å². The van der Waals surface area contributed by atoms with Gasteiger partial charge in [0, 0.05) is 28.1 Å². The first kappa shape index (κ1) is 12.7. The van der Waals surface area contributed by atoms with Crippen LogP contribution < -0.4 is 10.9 Å². The van der Waals surface area contributed by atoms with E-state index in [1.807, 2.05) is 26.0 Å². The minimum atomic E-state index is -0.292. The maximum Gasteiger partial charge on any atom is 0.269 e. The Kier molecular flexibility index (Phi) is 2.97. The molecule has 0 unspecified atom stereocenters. The van der Waals surface area contributed by atoms with Crippen molar-refractivity contribution in [3.05, 3.63) is 35.0 Å². The molecule has 0 saturated heterocycles. The molecule has 3 rings (SSSR count). The van der Waals surface area contributed by atoms with E-state index in [0.29, 0.717) is 5.56 Å². The van der Waals surface area contributed by atoms with Crippen molar-refractivity contribution in [2.24, 2.45) is 5.92 Å². The second kappa shape index (κ2) is 4.67. The molecule has 0 bridgehead atoms. The largest absolute Gasteiger partial charge is 0.358 e. The van der Waals surface area contributed by atoms with Gasteiger partial charge in [0.15, 0.2) is 0 Å². The van der Waals surface area contributed by atoms with Crippen LogP contribution in [0.3, 0.4) is 0 Å². The minimum absolute atomic E-state index is 0.0762. The first-order chi connectivity index (χ1) is 9.56. The summed E-state index contributed by atoms with van der Waals surface area (Å²) in [6, 6.07) is 5.47. The van der Waals surface area contributed by atoms with E-state index in [2.05, 4.69) is 15.8 Å². The lowest BCUT2D eigenvalue weighted by molar-refractivity contribution is -0.123. The number of hydrazine groups is 1. The van der Waals surface area contributed by atoms with Crippen molar-refractivity contribution in [1.82, 2.24) is 15.8 Å². The van der Waals surface area contributed by atoms with Crippen LogP contribution in [0.5, 0.6) is 0 Å². The molecular weight excluding hydrogens is 254 g/mol. The van der Waals surface area contributed by atoms with Gasteiger partial charge < -0.3 is 4.98 Å². The zero-order valence-corrected chi connectivity index (χ0v) is 11.5. The Hall–Kier alpha value is -2.30. The molecule has 20 heavy (non-hydrogen) atoms. The van der Waals surface area contributed by atoms with E-state index in [4.69, 9.17) is 0 Å². The summed E-state index contributed by atoms with van der Waals surface area (Å²) < 4.78 is 0. The lowest BCUT2D eigenvalue weighted by atomic mass is 10.1. The molecular formula is C15H17N3O2. The van der Waals surface area contributed by atoms with Gasteiger partial charge in [-0.25, -0.2) is 0 Å². The van der Waals surface area contributed by atoms with Crippen molar-refractivity contribution in [2.75, 3.05) is 0 Å². The topological polar surface area (TPSA) is 74.0 Å². The summed E-state index contributed by atoms with van der Waals surface area (Å²) in [4.78, 5) is 26.8. The Morgan fingerprint density at radius 2 is 1.95 bits per heavy atom. The number of rotatable bonds is 2. The molecule has 0 aliphatic heterocycles. The van der Waals surface area contributed by atoms with Gasteiger partial charge in [-0.15, -0.1) is 0 Å². The Bertz CT molecular complexity index is 698. The molecule has 1 aromatic heterocycles. The number of hydrogen-bond donors (Lipinski definition) is 3. The summed E-state index contributed by atoms with van der Waals surface area (Å²) in [5.41, 5.74) is 8.71. The molecule has 5 heteroatoms. The van der Waals surface area contributed by atoms with Gasteiger partial charge >= 0.3 is 0 Å². The molecule has 1 aromatic carbocycles. The summed E-state index contributed by atoms with van der Waals surface area (Å²) in [6.45, 7) is 4.02. The number of aromatic nitrogens is 1. The Labute approximate surface area is 116 Å². The predicted octanol–water partition coefficient (Wildman–Crippen LogP) is 1.96. The molecule has 1 aliphatic rings. The number of aryl methyl sites for hydroxylation is 2. The fourth-order valence-electron chi connectivity index (χ4n) is 2.24. The third kappa shape index (κ3) is 2.27. The maximum atomic E-state index is 12.0. The second-order valence-corrected chi connectivity index (χ2v) is 5.35. The highest BCUT2D eigenvalue weighted by atomic mass is 16.2. The smallest absolute Gasteiger partial charge is 0.269 e. The van der Waals surface area contributed by atoms with Crippen LogP contribution in [0, 0.1) is 19.8 Å². The van der Waals surface area contributed by atoms with Crippen LogP contribution >= 0.6 is 0 Å². The van der Waals surface area contributed by atoms with Gasteiger partial charge in [-0.1, -0.05) is 0 Å². The Morgan fingerprint density at radius 3 is 2.65 bits per heavy atom. The first-order valence-corrected chi connectivity index (χ1v) is 6.75. The molecule has 1 heterocycles. The molecule has 3 N–H and O–H groups in total. The van der Waals surface area contributed by atoms with Crippen molar-refractivity contribution < 1.29 is 9.59 Å². The lowest BCUT2D eigenvalue weighted by Crippen LogP contribution is -2.42. The number of benzene rings is 1. The van der Waals surface area contributed by atoms with Crippen LogP contribution in [0.4, 0.5) is 0 Å². The van der Waals surface area contributed by atoms with Gasteiger partial charge in [-0.2, -0.15) is 0 Å². The lowest BCUT2D eigenvalue weighted by Gasteiger charge is -2.06. The zero-order chi connectivity index (χ0) is 14.3. The predicted molar refractivity (Wildman–Crippen MR) is 76.1 cm³/mol. The molecule has 5 nitrogen and oxygen atoms in total. The molecule has 0 atom stereocenters. The molecule has 2 amide bonds. The number of carbonyl (C=O) groups excluding carboxylic acids is 2. The molecule has 1 aliphatic carbocycles. The average Bonchev–Trinajstić information content (AvgIpc) is 3.24. The second-order valence-electron chi connectivity index (χ2n) is 5.35. The Morgan fingerprint density at radius 1 is 1.20 bits per heavy atom. The SMILES string of the molecule is Cc1[nH]c2ccc(C(=O)NNC(=O)C3CC3)cc2c1C. The Balaban J connectivity index is 1.76. The molecule has 1 saturated carbocycles. The van der Waals surface area contributed by atoms with E-state index in [1.165, 1.54) is 0 Å². The summed E-state index contributed by atoms with van der Waals surface area (Å²) in [5.74, 6) is -0.320. The van der Waals surface area contributed by atoms with Crippen LogP contribution in [0.25, 0.3) is 10.9 Å². The van der Waals surface area contributed by atoms with Crippen molar-refractivity contribution in [2.45, 2.75) is 26.7 Å². The van der Waals surface area contributed by atoms with Crippen LogP contribution in [-0.4, -0.2) is 16.8 Å².